The molecular weight excluding hydrogens is 773 g/mol. The summed E-state index contributed by atoms with van der Waals surface area (Å²) in [6.45, 7) is 17.8. The van der Waals surface area contributed by atoms with Gasteiger partial charge in [-0.3, -0.25) is 19.6 Å². The van der Waals surface area contributed by atoms with Gasteiger partial charge < -0.3 is 34.4 Å². The normalized spacial score (nSPS) is 12.5. The zero-order valence-corrected chi connectivity index (χ0v) is 37.0. The highest BCUT2D eigenvalue weighted by Crippen LogP contribution is 2.32. The molecule has 0 fully saturated rings. The van der Waals surface area contributed by atoms with Gasteiger partial charge in [-0.15, -0.1) is 0 Å². The molecule has 0 aliphatic carbocycles. The number of nitrogens with two attached hydrogens (primary N) is 1. The number of nitrogens with one attached hydrogen (secondary N) is 1. The van der Waals surface area contributed by atoms with Gasteiger partial charge in [0.2, 0.25) is 0 Å². The molecule has 6 aromatic rings. The lowest BCUT2D eigenvalue weighted by atomic mass is 10.0. The van der Waals surface area contributed by atoms with Crippen molar-refractivity contribution in [1.29, 1.82) is 10.5 Å². The van der Waals surface area contributed by atoms with Crippen molar-refractivity contribution < 1.29 is 19.0 Å². The van der Waals surface area contributed by atoms with Gasteiger partial charge in [0.15, 0.2) is 0 Å². The molecule has 0 unspecified atom stereocenters. The summed E-state index contributed by atoms with van der Waals surface area (Å²) in [5.41, 5.74) is 8.67. The van der Waals surface area contributed by atoms with Crippen molar-refractivity contribution in [2.75, 3.05) is 13.2 Å². The van der Waals surface area contributed by atoms with Crippen molar-refractivity contribution in [3.8, 4) is 23.6 Å². The smallest absolute Gasteiger partial charge is 0.407 e. The van der Waals surface area contributed by atoms with E-state index in [9.17, 15) is 24.9 Å². The van der Waals surface area contributed by atoms with Gasteiger partial charge in [-0.1, -0.05) is 27.7 Å². The maximum Gasteiger partial charge on any atom is 0.407 e. The van der Waals surface area contributed by atoms with E-state index in [1.807, 2.05) is 13.0 Å². The maximum absolute atomic E-state index is 13.0. The van der Waals surface area contributed by atoms with Gasteiger partial charge in [0.1, 0.15) is 42.5 Å². The number of alkyl carbamates (subject to hydrolysis) is 1. The SMILES string of the molecule is Cc1nccc2c1c(=O)n(C)c1cc(OC[C@@H](N)CC(C)C)c(C#N)cc21.Cc1nccc2c1c(=O)n(C)c1cc(OC[C@H](CC(C)C)NC(=O)OC(C)(C)C)c(C#N)cc21. The summed E-state index contributed by atoms with van der Waals surface area (Å²) >= 11 is 0. The zero-order valence-electron chi connectivity index (χ0n) is 37.0. The van der Waals surface area contributed by atoms with E-state index in [0.29, 0.717) is 80.7 Å². The monoisotopic (exact) mass is 828 g/mol. The fourth-order valence-electron chi connectivity index (χ4n) is 7.49. The zero-order chi connectivity index (χ0) is 44.9. The van der Waals surface area contributed by atoms with Crippen molar-refractivity contribution in [2.24, 2.45) is 31.7 Å². The minimum Gasteiger partial charge on any atom is -0.491 e. The average Bonchev–Trinajstić information content (AvgIpc) is 3.18. The van der Waals surface area contributed by atoms with E-state index in [2.05, 4.69) is 55.1 Å². The average molecular weight is 829 g/mol. The Kier molecular flexibility index (Phi) is 14.1. The Morgan fingerprint density at radius 3 is 1.61 bits per heavy atom. The van der Waals surface area contributed by atoms with Crippen molar-refractivity contribution in [3.63, 3.8) is 0 Å². The molecule has 4 aromatic heterocycles. The van der Waals surface area contributed by atoms with Crippen molar-refractivity contribution in [2.45, 2.75) is 92.8 Å². The number of benzene rings is 2. The van der Waals surface area contributed by atoms with Crippen molar-refractivity contribution >= 4 is 49.4 Å². The third-order valence-electron chi connectivity index (χ3n) is 10.2. The molecule has 0 aliphatic rings. The Hall–Kier alpha value is -6.51. The first-order valence-corrected chi connectivity index (χ1v) is 20.4. The second-order valence-corrected chi connectivity index (χ2v) is 17.3. The molecular formula is C47H56N8O6. The number of carbonyl (C=O) groups is 1. The van der Waals surface area contributed by atoms with Gasteiger partial charge in [0.25, 0.3) is 11.1 Å². The number of fused-ring (bicyclic) bond motifs is 6. The largest absolute Gasteiger partial charge is 0.491 e. The standard InChI is InChI=1S/C26H32N4O4.C21H24N4O2/c1-15(2)10-18(29-25(32)34-26(4,5)6)14-33-22-12-21-20(11-17(22)13-27)19-8-9-28-16(3)23(19)24(31)30(21)7;1-12(2)7-15(23)11-27-19-9-18-17(8-14(19)10-22)16-5-6-24-13(3)20(16)21(26)25(18)4/h8-9,11-12,15,18H,10,14H2,1-7H3,(H,29,32);5-6,8-9,12,15H,7,11,23H2,1-4H3/t18-;15-/m00/s1. The van der Waals surface area contributed by atoms with E-state index in [1.54, 1.807) is 93.7 Å². The van der Waals surface area contributed by atoms with E-state index in [1.165, 1.54) is 0 Å². The summed E-state index contributed by atoms with van der Waals surface area (Å²) in [6.07, 6.45) is 4.33. The molecule has 4 heterocycles. The Morgan fingerprint density at radius 2 is 1.20 bits per heavy atom. The van der Waals surface area contributed by atoms with Gasteiger partial charge in [-0.25, -0.2) is 4.79 Å². The molecule has 0 saturated carbocycles. The molecule has 0 saturated heterocycles. The molecule has 2 aromatic carbocycles. The number of carbonyl (C=O) groups excluding carboxylic acids is 1. The number of rotatable bonds is 11. The molecule has 2 atom stereocenters. The summed E-state index contributed by atoms with van der Waals surface area (Å²) < 4.78 is 20.4. The molecule has 320 valence electrons. The van der Waals surface area contributed by atoms with Crippen LogP contribution in [-0.2, 0) is 18.8 Å². The second-order valence-electron chi connectivity index (χ2n) is 17.3. The number of hydrogen-bond acceptors (Lipinski definition) is 11. The first kappa shape index (κ1) is 45.6. The summed E-state index contributed by atoms with van der Waals surface area (Å²) in [5, 5.41) is 26.5. The van der Waals surface area contributed by atoms with Gasteiger partial charge in [-0.2, -0.15) is 10.5 Å². The summed E-state index contributed by atoms with van der Waals surface area (Å²) in [4.78, 5) is 46.6. The minimum absolute atomic E-state index is 0.110. The van der Waals surface area contributed by atoms with Gasteiger partial charge in [-0.05, 0) is 94.3 Å². The first-order chi connectivity index (χ1) is 28.7. The first-order valence-electron chi connectivity index (χ1n) is 20.4. The minimum atomic E-state index is -0.610. The molecule has 14 heteroatoms. The molecule has 14 nitrogen and oxygen atoms in total. The number of amides is 1. The van der Waals surface area contributed by atoms with Gasteiger partial charge >= 0.3 is 6.09 Å². The third kappa shape index (κ3) is 10.5. The summed E-state index contributed by atoms with van der Waals surface area (Å²) in [7, 11) is 3.41. The highest BCUT2D eigenvalue weighted by Gasteiger charge is 2.22. The van der Waals surface area contributed by atoms with Crippen LogP contribution in [0.15, 0.2) is 58.4 Å². The fourth-order valence-corrected chi connectivity index (χ4v) is 7.49. The molecule has 0 aliphatic heterocycles. The van der Waals surface area contributed by atoms with Gasteiger partial charge in [0.05, 0.1) is 50.4 Å². The number of ether oxygens (including phenoxy) is 3. The molecule has 3 N–H and O–H groups in total. The summed E-state index contributed by atoms with van der Waals surface area (Å²) in [5.74, 6) is 1.58. The van der Waals surface area contributed by atoms with E-state index in [0.717, 1.165) is 28.0 Å². The lowest BCUT2D eigenvalue weighted by Gasteiger charge is -2.25. The number of nitriles is 2. The second kappa shape index (κ2) is 18.8. The van der Waals surface area contributed by atoms with Crippen LogP contribution in [0.25, 0.3) is 43.4 Å². The Balaban J connectivity index is 0.000000237. The van der Waals surface area contributed by atoms with Crippen LogP contribution in [0.2, 0.25) is 0 Å². The number of aryl methyl sites for hydroxylation is 4. The highest BCUT2D eigenvalue weighted by molar-refractivity contribution is 6.08. The molecule has 0 spiro atoms. The molecule has 6 rings (SSSR count). The van der Waals surface area contributed by atoms with Crippen molar-refractivity contribution in [3.05, 3.63) is 92.0 Å². The summed E-state index contributed by atoms with van der Waals surface area (Å²) in [6, 6.07) is 14.6. The predicted molar refractivity (Wildman–Crippen MR) is 239 cm³/mol. The van der Waals surface area contributed by atoms with E-state index < -0.39 is 11.7 Å². The van der Waals surface area contributed by atoms with Crippen LogP contribution >= 0.6 is 0 Å². The maximum atomic E-state index is 13.0. The van der Waals surface area contributed by atoms with Crippen LogP contribution in [0.3, 0.4) is 0 Å². The topological polar surface area (TPSA) is 200 Å². The molecule has 0 bridgehead atoms. The van der Waals surface area contributed by atoms with Gasteiger partial charge in [0, 0.05) is 55.4 Å². The Bertz CT molecular complexity index is 2820. The molecule has 0 radical (unpaired) electrons. The number of pyridine rings is 4. The fraction of sp³-hybridized carbons (Fsp3) is 0.426. The van der Waals surface area contributed by atoms with Crippen LogP contribution in [-0.4, -0.2) is 56.1 Å². The quantitative estimate of drug-likeness (QED) is 0.122. The van der Waals surface area contributed by atoms with Crippen LogP contribution in [0, 0.1) is 48.3 Å². The van der Waals surface area contributed by atoms with E-state index in [-0.39, 0.29) is 29.8 Å². The third-order valence-corrected chi connectivity index (χ3v) is 10.2. The van der Waals surface area contributed by atoms with E-state index >= 15 is 0 Å². The Morgan fingerprint density at radius 1 is 0.754 bits per heavy atom. The van der Waals surface area contributed by atoms with Crippen LogP contribution in [0.5, 0.6) is 11.5 Å². The number of nitrogens with zero attached hydrogens (tertiary/aromatic N) is 6. The van der Waals surface area contributed by atoms with Crippen LogP contribution in [0.4, 0.5) is 4.79 Å². The van der Waals surface area contributed by atoms with Crippen molar-refractivity contribution in [1.82, 2.24) is 24.4 Å². The lowest BCUT2D eigenvalue weighted by Crippen LogP contribution is -2.42. The number of hydrogen-bond donors (Lipinski definition) is 2. The molecule has 1 amide bonds. The molecule has 61 heavy (non-hydrogen) atoms. The van der Waals surface area contributed by atoms with Crippen LogP contribution in [0.1, 0.15) is 83.8 Å². The number of aromatic nitrogens is 4. The highest BCUT2D eigenvalue weighted by atomic mass is 16.6. The van der Waals surface area contributed by atoms with Crippen LogP contribution < -0.4 is 31.6 Å². The predicted octanol–water partition coefficient (Wildman–Crippen LogP) is 7.60. The Labute approximate surface area is 355 Å². The lowest BCUT2D eigenvalue weighted by molar-refractivity contribution is 0.0480. The van der Waals surface area contributed by atoms with E-state index in [4.69, 9.17) is 19.9 Å².